The molecule has 3 rings (SSSR count). The van der Waals surface area contributed by atoms with Crippen LogP contribution in [0.1, 0.15) is 23.1 Å². The van der Waals surface area contributed by atoms with Gasteiger partial charge in [-0.15, -0.1) is 0 Å². The van der Waals surface area contributed by atoms with Crippen LogP contribution in [-0.2, 0) is 23.9 Å². The summed E-state index contributed by atoms with van der Waals surface area (Å²) in [6.07, 6.45) is -3.36. The van der Waals surface area contributed by atoms with Crippen molar-refractivity contribution in [1.82, 2.24) is 4.90 Å². The maximum atomic E-state index is 12.8. The molecule has 0 spiro atoms. The van der Waals surface area contributed by atoms with Crippen LogP contribution in [0.25, 0.3) is 0 Å². The van der Waals surface area contributed by atoms with Crippen LogP contribution < -0.4 is 5.32 Å². The van der Waals surface area contributed by atoms with Gasteiger partial charge in [0, 0.05) is 26.1 Å². The van der Waals surface area contributed by atoms with Gasteiger partial charge in [-0.2, -0.15) is 13.2 Å². The first kappa shape index (κ1) is 18.7. The number of benzene rings is 2. The van der Waals surface area contributed by atoms with Crippen LogP contribution >= 0.6 is 11.6 Å². The van der Waals surface area contributed by atoms with Gasteiger partial charge in [0.25, 0.3) is 0 Å². The molecule has 1 amide bonds. The Morgan fingerprint density at radius 3 is 2.62 bits per heavy atom. The molecule has 0 aliphatic carbocycles. The van der Waals surface area contributed by atoms with E-state index in [9.17, 15) is 18.0 Å². The van der Waals surface area contributed by atoms with Crippen LogP contribution in [0.4, 0.5) is 18.9 Å². The van der Waals surface area contributed by atoms with E-state index in [-0.39, 0.29) is 23.0 Å². The summed E-state index contributed by atoms with van der Waals surface area (Å²) in [5.74, 6) is -0.356. The number of halogens is 4. The molecule has 0 bridgehead atoms. The normalized spacial score (nSPS) is 14.8. The summed E-state index contributed by atoms with van der Waals surface area (Å²) in [7, 11) is 0. The molecule has 0 atom stereocenters. The van der Waals surface area contributed by atoms with Gasteiger partial charge >= 0.3 is 6.18 Å². The van der Waals surface area contributed by atoms with Crippen molar-refractivity contribution in [2.75, 3.05) is 18.4 Å². The Labute approximate surface area is 154 Å². The van der Waals surface area contributed by atoms with Gasteiger partial charge in [0.05, 0.1) is 16.3 Å². The first-order valence-corrected chi connectivity index (χ1v) is 8.66. The van der Waals surface area contributed by atoms with E-state index in [2.05, 4.69) is 22.3 Å². The van der Waals surface area contributed by atoms with Crippen LogP contribution in [0.3, 0.4) is 0 Å². The van der Waals surface area contributed by atoms with Crippen molar-refractivity contribution in [3.05, 3.63) is 64.2 Å². The lowest BCUT2D eigenvalue weighted by Gasteiger charge is -2.28. The topological polar surface area (TPSA) is 32.3 Å². The second-order valence-corrected chi connectivity index (χ2v) is 6.69. The Kier molecular flexibility index (Phi) is 5.53. The number of carbonyl (C=O) groups excluding carboxylic acids is 1. The molecular formula is C19H18ClF3N2O. The van der Waals surface area contributed by atoms with Crippen LogP contribution in [0.5, 0.6) is 0 Å². The standard InChI is InChI=1S/C19H18ClF3N2O/c20-16-6-5-15(19(21,22)23)11-17(16)24-18(26)8-10-25-9-7-13-3-1-2-4-14(13)12-25/h1-6,11H,7-10,12H2,(H,24,26). The van der Waals surface area contributed by atoms with Crippen molar-refractivity contribution in [3.63, 3.8) is 0 Å². The predicted molar refractivity (Wildman–Crippen MR) is 95.1 cm³/mol. The van der Waals surface area contributed by atoms with Crippen LogP contribution in [0.15, 0.2) is 42.5 Å². The first-order chi connectivity index (χ1) is 12.3. The lowest BCUT2D eigenvalue weighted by Crippen LogP contribution is -2.33. The zero-order valence-corrected chi connectivity index (χ0v) is 14.7. The molecule has 0 unspecified atom stereocenters. The van der Waals surface area contributed by atoms with E-state index in [0.29, 0.717) is 6.54 Å². The molecule has 1 N–H and O–H groups in total. The molecule has 0 aromatic heterocycles. The number of hydrogen-bond acceptors (Lipinski definition) is 2. The van der Waals surface area contributed by atoms with Gasteiger partial charge in [-0.3, -0.25) is 9.69 Å². The van der Waals surface area contributed by atoms with Crippen molar-refractivity contribution in [2.45, 2.75) is 25.6 Å². The van der Waals surface area contributed by atoms with E-state index in [0.717, 1.165) is 37.7 Å². The Balaban J connectivity index is 1.57. The summed E-state index contributed by atoms with van der Waals surface area (Å²) in [6, 6.07) is 11.1. The summed E-state index contributed by atoms with van der Waals surface area (Å²) in [6.45, 7) is 2.17. The molecule has 1 aliphatic heterocycles. The van der Waals surface area contributed by atoms with Crippen LogP contribution in [0, 0.1) is 0 Å². The molecule has 1 aliphatic rings. The van der Waals surface area contributed by atoms with Crippen molar-refractivity contribution in [2.24, 2.45) is 0 Å². The highest BCUT2D eigenvalue weighted by molar-refractivity contribution is 6.33. The molecule has 2 aromatic carbocycles. The molecule has 138 valence electrons. The largest absolute Gasteiger partial charge is 0.416 e. The van der Waals surface area contributed by atoms with Gasteiger partial charge in [-0.25, -0.2) is 0 Å². The molecule has 0 fully saturated rings. The molecule has 1 heterocycles. The van der Waals surface area contributed by atoms with Gasteiger partial charge in [-0.1, -0.05) is 35.9 Å². The summed E-state index contributed by atoms with van der Waals surface area (Å²) >= 11 is 5.90. The number of anilines is 1. The van der Waals surface area contributed by atoms with E-state index in [4.69, 9.17) is 11.6 Å². The van der Waals surface area contributed by atoms with E-state index in [1.54, 1.807) is 0 Å². The maximum Gasteiger partial charge on any atom is 0.416 e. The van der Waals surface area contributed by atoms with E-state index >= 15 is 0 Å². The molecule has 0 saturated carbocycles. The zero-order valence-electron chi connectivity index (χ0n) is 13.9. The van der Waals surface area contributed by atoms with Crippen LogP contribution in [0.2, 0.25) is 5.02 Å². The minimum Gasteiger partial charge on any atom is -0.325 e. The number of carbonyl (C=O) groups is 1. The van der Waals surface area contributed by atoms with Gasteiger partial charge in [-0.05, 0) is 35.7 Å². The Morgan fingerprint density at radius 2 is 1.88 bits per heavy atom. The van der Waals surface area contributed by atoms with Gasteiger partial charge in [0.2, 0.25) is 5.91 Å². The third kappa shape index (κ3) is 4.56. The fourth-order valence-electron chi connectivity index (χ4n) is 3.01. The number of hydrogen-bond donors (Lipinski definition) is 1. The average molecular weight is 383 g/mol. The number of rotatable bonds is 4. The number of nitrogens with zero attached hydrogens (tertiary/aromatic N) is 1. The van der Waals surface area contributed by atoms with Crippen molar-refractivity contribution >= 4 is 23.2 Å². The summed E-state index contributed by atoms with van der Waals surface area (Å²) in [5, 5.41) is 2.57. The van der Waals surface area contributed by atoms with E-state index in [1.165, 1.54) is 11.1 Å². The number of nitrogens with one attached hydrogen (secondary N) is 1. The molecule has 26 heavy (non-hydrogen) atoms. The van der Waals surface area contributed by atoms with Crippen molar-refractivity contribution < 1.29 is 18.0 Å². The number of fused-ring (bicyclic) bond motifs is 1. The minimum absolute atomic E-state index is 0.0181. The quantitative estimate of drug-likeness (QED) is 0.828. The molecular weight excluding hydrogens is 365 g/mol. The maximum absolute atomic E-state index is 12.8. The number of alkyl halides is 3. The summed E-state index contributed by atoms with van der Waals surface area (Å²) < 4.78 is 38.4. The second-order valence-electron chi connectivity index (χ2n) is 6.29. The van der Waals surface area contributed by atoms with Gasteiger partial charge in [0.15, 0.2) is 0 Å². The van der Waals surface area contributed by atoms with Gasteiger partial charge < -0.3 is 5.32 Å². The first-order valence-electron chi connectivity index (χ1n) is 8.28. The Morgan fingerprint density at radius 1 is 1.15 bits per heavy atom. The number of amides is 1. The third-order valence-electron chi connectivity index (χ3n) is 4.43. The molecule has 0 saturated heterocycles. The summed E-state index contributed by atoms with van der Waals surface area (Å²) in [5.41, 5.74) is 1.71. The minimum atomic E-state index is -4.48. The molecule has 3 nitrogen and oxygen atoms in total. The average Bonchev–Trinajstić information content (AvgIpc) is 2.60. The van der Waals surface area contributed by atoms with Gasteiger partial charge in [0.1, 0.15) is 0 Å². The smallest absolute Gasteiger partial charge is 0.325 e. The monoisotopic (exact) mass is 382 g/mol. The second kappa shape index (κ2) is 7.68. The fourth-order valence-corrected chi connectivity index (χ4v) is 3.18. The SMILES string of the molecule is O=C(CCN1CCc2ccccc2C1)Nc1cc(C(F)(F)F)ccc1Cl. The molecule has 7 heteroatoms. The van der Waals surface area contributed by atoms with E-state index in [1.807, 2.05) is 12.1 Å². The van der Waals surface area contributed by atoms with Crippen LogP contribution in [-0.4, -0.2) is 23.9 Å². The Bertz CT molecular complexity index is 808. The Hall–Kier alpha value is -2.05. The highest BCUT2D eigenvalue weighted by Crippen LogP contribution is 2.33. The highest BCUT2D eigenvalue weighted by Gasteiger charge is 2.31. The van der Waals surface area contributed by atoms with Crippen molar-refractivity contribution in [1.29, 1.82) is 0 Å². The summed E-state index contributed by atoms with van der Waals surface area (Å²) in [4.78, 5) is 14.3. The fraction of sp³-hybridized carbons (Fsp3) is 0.316. The lowest BCUT2D eigenvalue weighted by atomic mass is 10.00. The zero-order chi connectivity index (χ0) is 18.7. The lowest BCUT2D eigenvalue weighted by molar-refractivity contribution is -0.137. The predicted octanol–water partition coefficient (Wildman–Crippen LogP) is 4.75. The third-order valence-corrected chi connectivity index (χ3v) is 4.76. The highest BCUT2D eigenvalue weighted by atomic mass is 35.5. The van der Waals surface area contributed by atoms with Crippen molar-refractivity contribution in [3.8, 4) is 0 Å². The molecule has 2 aromatic rings. The molecule has 0 radical (unpaired) electrons. The van der Waals surface area contributed by atoms with E-state index < -0.39 is 11.7 Å².